The van der Waals surface area contributed by atoms with Gasteiger partial charge in [-0.1, -0.05) is 6.08 Å². The second kappa shape index (κ2) is 5.66. The Morgan fingerprint density at radius 1 is 1.67 bits per heavy atom. The number of anilines is 1. The topological polar surface area (TPSA) is 42.0 Å². The van der Waals surface area contributed by atoms with Crippen LogP contribution < -0.4 is 5.32 Å². The van der Waals surface area contributed by atoms with Crippen molar-refractivity contribution >= 4 is 27.7 Å². The Kier molecular flexibility index (Phi) is 4.49. The Bertz CT molecular complexity index is 377. The van der Waals surface area contributed by atoms with Crippen molar-refractivity contribution in [2.75, 3.05) is 5.32 Å². The van der Waals surface area contributed by atoms with Gasteiger partial charge in [0.1, 0.15) is 5.82 Å². The molecule has 1 rings (SSSR count). The summed E-state index contributed by atoms with van der Waals surface area (Å²) in [4.78, 5) is 15.6. The number of hydrogen-bond donors (Lipinski definition) is 1. The van der Waals surface area contributed by atoms with Crippen LogP contribution >= 0.6 is 15.9 Å². The largest absolute Gasteiger partial charge is 0.311 e. The van der Waals surface area contributed by atoms with Crippen molar-refractivity contribution in [2.24, 2.45) is 0 Å². The van der Waals surface area contributed by atoms with Gasteiger partial charge in [0.25, 0.3) is 0 Å². The van der Waals surface area contributed by atoms with Crippen LogP contribution in [0.5, 0.6) is 0 Å². The normalized spacial score (nSPS) is 9.73. The lowest BCUT2D eigenvalue weighted by atomic mass is 10.3. The molecular formula is C11H13BrN2O. The van der Waals surface area contributed by atoms with E-state index in [4.69, 9.17) is 0 Å². The summed E-state index contributed by atoms with van der Waals surface area (Å²) in [7, 11) is 0. The standard InChI is InChI=1S/C11H13BrN2O/c1-3-4-5-11(15)14-10-7-6-9(12)8(2)13-10/h3,6-7H,1,4-5H2,2H3,(H,13,14,15). The maximum atomic E-state index is 11.4. The first-order chi connectivity index (χ1) is 7.13. The second-order valence-corrected chi connectivity index (χ2v) is 3.99. The molecule has 0 aliphatic carbocycles. The molecule has 0 aliphatic rings. The van der Waals surface area contributed by atoms with E-state index in [1.54, 1.807) is 12.1 Å². The fourth-order valence-electron chi connectivity index (χ4n) is 1.05. The minimum atomic E-state index is -0.0378. The van der Waals surface area contributed by atoms with Crippen molar-refractivity contribution in [3.05, 3.63) is 35.0 Å². The maximum absolute atomic E-state index is 11.4. The Morgan fingerprint density at radius 2 is 2.40 bits per heavy atom. The summed E-state index contributed by atoms with van der Waals surface area (Å²) in [5, 5.41) is 2.73. The number of amides is 1. The average Bonchev–Trinajstić information content (AvgIpc) is 2.20. The number of carbonyl (C=O) groups excluding carboxylic acids is 1. The molecule has 0 saturated carbocycles. The predicted molar refractivity (Wildman–Crippen MR) is 64.7 cm³/mol. The summed E-state index contributed by atoms with van der Waals surface area (Å²) in [6, 6.07) is 3.63. The smallest absolute Gasteiger partial charge is 0.225 e. The van der Waals surface area contributed by atoms with E-state index in [1.807, 2.05) is 13.0 Å². The van der Waals surface area contributed by atoms with E-state index in [1.165, 1.54) is 0 Å². The Hall–Kier alpha value is -1.16. The van der Waals surface area contributed by atoms with Gasteiger partial charge in [-0.05, 0) is 41.4 Å². The lowest BCUT2D eigenvalue weighted by molar-refractivity contribution is -0.116. The second-order valence-electron chi connectivity index (χ2n) is 3.14. The highest BCUT2D eigenvalue weighted by Gasteiger charge is 2.03. The molecule has 0 saturated heterocycles. The summed E-state index contributed by atoms with van der Waals surface area (Å²) in [6.07, 6.45) is 2.85. The quantitative estimate of drug-likeness (QED) is 0.853. The van der Waals surface area contributed by atoms with Crippen molar-refractivity contribution in [3.8, 4) is 0 Å². The number of nitrogens with zero attached hydrogens (tertiary/aromatic N) is 1. The third kappa shape index (κ3) is 3.83. The van der Waals surface area contributed by atoms with Crippen molar-refractivity contribution < 1.29 is 4.79 Å². The zero-order valence-corrected chi connectivity index (χ0v) is 10.2. The van der Waals surface area contributed by atoms with Gasteiger partial charge in [0.05, 0.1) is 5.69 Å². The van der Waals surface area contributed by atoms with Gasteiger partial charge >= 0.3 is 0 Å². The molecule has 0 spiro atoms. The number of carbonyl (C=O) groups is 1. The number of rotatable bonds is 4. The molecule has 0 radical (unpaired) electrons. The minimum Gasteiger partial charge on any atom is -0.311 e. The van der Waals surface area contributed by atoms with E-state index in [9.17, 15) is 4.79 Å². The zero-order chi connectivity index (χ0) is 11.3. The van der Waals surface area contributed by atoms with Crippen molar-refractivity contribution in [1.29, 1.82) is 0 Å². The lowest BCUT2D eigenvalue weighted by Gasteiger charge is -2.05. The number of aromatic nitrogens is 1. The molecule has 0 aliphatic heterocycles. The molecule has 1 amide bonds. The summed E-state index contributed by atoms with van der Waals surface area (Å²) < 4.78 is 0.937. The van der Waals surface area contributed by atoms with Gasteiger partial charge in [0.2, 0.25) is 5.91 Å². The molecule has 1 aromatic heterocycles. The Labute approximate surface area is 97.7 Å². The molecule has 1 heterocycles. The molecule has 15 heavy (non-hydrogen) atoms. The van der Waals surface area contributed by atoms with Crippen LogP contribution in [0.4, 0.5) is 5.82 Å². The maximum Gasteiger partial charge on any atom is 0.225 e. The van der Waals surface area contributed by atoms with Crippen LogP contribution in [-0.4, -0.2) is 10.9 Å². The van der Waals surface area contributed by atoms with Gasteiger partial charge in [0, 0.05) is 10.9 Å². The number of pyridine rings is 1. The van der Waals surface area contributed by atoms with Gasteiger partial charge in [0.15, 0.2) is 0 Å². The van der Waals surface area contributed by atoms with Gasteiger partial charge in [-0.3, -0.25) is 4.79 Å². The van der Waals surface area contributed by atoms with Crippen LogP contribution in [0.25, 0.3) is 0 Å². The van der Waals surface area contributed by atoms with E-state index in [0.717, 1.165) is 10.2 Å². The lowest BCUT2D eigenvalue weighted by Crippen LogP contribution is -2.12. The Morgan fingerprint density at radius 3 is 3.00 bits per heavy atom. The number of allylic oxidation sites excluding steroid dienone is 1. The molecule has 80 valence electrons. The monoisotopic (exact) mass is 268 g/mol. The molecule has 1 N–H and O–H groups in total. The van der Waals surface area contributed by atoms with Crippen LogP contribution in [-0.2, 0) is 4.79 Å². The highest BCUT2D eigenvalue weighted by Crippen LogP contribution is 2.16. The Balaban J connectivity index is 2.60. The average molecular weight is 269 g/mol. The van der Waals surface area contributed by atoms with Crippen LogP contribution in [0, 0.1) is 6.92 Å². The number of aryl methyl sites for hydroxylation is 1. The van der Waals surface area contributed by atoms with Crippen molar-refractivity contribution in [3.63, 3.8) is 0 Å². The van der Waals surface area contributed by atoms with E-state index in [-0.39, 0.29) is 5.91 Å². The van der Waals surface area contributed by atoms with Gasteiger partial charge in [-0.2, -0.15) is 0 Å². The summed E-state index contributed by atoms with van der Waals surface area (Å²) in [5.41, 5.74) is 0.858. The molecule has 0 bridgehead atoms. The fraction of sp³-hybridized carbons (Fsp3) is 0.273. The van der Waals surface area contributed by atoms with Gasteiger partial charge in [-0.25, -0.2) is 4.98 Å². The first kappa shape index (κ1) is 11.9. The number of hydrogen-bond acceptors (Lipinski definition) is 2. The van der Waals surface area contributed by atoms with Crippen molar-refractivity contribution in [1.82, 2.24) is 4.98 Å². The van der Waals surface area contributed by atoms with Crippen LogP contribution in [0.2, 0.25) is 0 Å². The third-order valence-electron chi connectivity index (χ3n) is 1.86. The first-order valence-electron chi connectivity index (χ1n) is 4.67. The van der Waals surface area contributed by atoms with E-state index in [2.05, 4.69) is 32.8 Å². The highest BCUT2D eigenvalue weighted by molar-refractivity contribution is 9.10. The number of halogens is 1. The molecule has 0 fully saturated rings. The van der Waals surface area contributed by atoms with Gasteiger partial charge < -0.3 is 5.32 Å². The van der Waals surface area contributed by atoms with Crippen molar-refractivity contribution in [2.45, 2.75) is 19.8 Å². The van der Waals surface area contributed by atoms with Gasteiger partial charge in [-0.15, -0.1) is 6.58 Å². The van der Waals surface area contributed by atoms with Crippen LogP contribution in [0.1, 0.15) is 18.5 Å². The first-order valence-corrected chi connectivity index (χ1v) is 5.46. The third-order valence-corrected chi connectivity index (χ3v) is 2.70. The fourth-order valence-corrected chi connectivity index (χ4v) is 1.27. The molecule has 3 nitrogen and oxygen atoms in total. The molecule has 0 atom stereocenters. The predicted octanol–water partition coefficient (Wildman–Crippen LogP) is 3.06. The SMILES string of the molecule is C=CCCC(=O)Nc1ccc(Br)c(C)n1. The van der Waals surface area contributed by atoms with E-state index in [0.29, 0.717) is 18.7 Å². The van der Waals surface area contributed by atoms with E-state index < -0.39 is 0 Å². The highest BCUT2D eigenvalue weighted by atomic mass is 79.9. The zero-order valence-electron chi connectivity index (χ0n) is 8.59. The van der Waals surface area contributed by atoms with E-state index >= 15 is 0 Å². The molecule has 0 aromatic carbocycles. The van der Waals surface area contributed by atoms with Crippen LogP contribution in [0.3, 0.4) is 0 Å². The summed E-state index contributed by atoms with van der Waals surface area (Å²) >= 11 is 3.35. The molecular weight excluding hydrogens is 256 g/mol. The minimum absolute atomic E-state index is 0.0378. The number of nitrogens with one attached hydrogen (secondary N) is 1. The molecule has 1 aromatic rings. The summed E-state index contributed by atoms with van der Waals surface area (Å²) in [5.74, 6) is 0.550. The molecule has 0 unspecified atom stereocenters. The summed E-state index contributed by atoms with van der Waals surface area (Å²) in [6.45, 7) is 5.44. The molecule has 4 heteroatoms. The van der Waals surface area contributed by atoms with Crippen LogP contribution in [0.15, 0.2) is 29.3 Å².